The number of carbonyl (C=O) groups excluding carboxylic acids is 1. The first kappa shape index (κ1) is 16.2. The molecule has 0 aliphatic heterocycles. The fourth-order valence-corrected chi connectivity index (χ4v) is 3.97. The molecular formula is C14H10Br2O4S. The van der Waals surface area contributed by atoms with Gasteiger partial charge in [-0.15, -0.1) is 0 Å². The van der Waals surface area contributed by atoms with Crippen LogP contribution in [0.15, 0.2) is 56.3 Å². The molecule has 0 spiro atoms. The minimum Gasteiger partial charge on any atom is -0.379 e. The molecule has 0 aliphatic carbocycles. The Kier molecular flexibility index (Phi) is 4.85. The first-order chi connectivity index (χ1) is 9.79. The Bertz CT molecular complexity index is 783. The lowest BCUT2D eigenvalue weighted by Crippen LogP contribution is -2.10. The summed E-state index contributed by atoms with van der Waals surface area (Å²) in [5.74, 6) is 0.0472. The molecule has 21 heavy (non-hydrogen) atoms. The number of rotatable bonds is 4. The summed E-state index contributed by atoms with van der Waals surface area (Å²) >= 11 is 6.41. The van der Waals surface area contributed by atoms with Crippen molar-refractivity contribution in [3.63, 3.8) is 0 Å². The predicted molar refractivity (Wildman–Crippen MR) is 86.1 cm³/mol. The maximum absolute atomic E-state index is 12.3. The highest BCUT2D eigenvalue weighted by atomic mass is 79.9. The molecule has 0 N–H and O–H groups in total. The molecule has 2 rings (SSSR count). The van der Waals surface area contributed by atoms with E-state index in [1.807, 2.05) is 0 Å². The molecule has 2 aromatic carbocycles. The molecule has 110 valence electrons. The van der Waals surface area contributed by atoms with Crippen LogP contribution in [-0.2, 0) is 10.1 Å². The number of benzene rings is 2. The van der Waals surface area contributed by atoms with Gasteiger partial charge in [0.25, 0.3) is 0 Å². The molecule has 0 radical (unpaired) electrons. The lowest BCUT2D eigenvalue weighted by atomic mass is 10.1. The van der Waals surface area contributed by atoms with E-state index in [4.69, 9.17) is 4.18 Å². The monoisotopic (exact) mass is 432 g/mol. The zero-order valence-electron chi connectivity index (χ0n) is 10.8. The molecule has 0 bridgehead atoms. The summed E-state index contributed by atoms with van der Waals surface area (Å²) in [6.45, 7) is 1.44. The van der Waals surface area contributed by atoms with Crippen molar-refractivity contribution in [1.29, 1.82) is 0 Å². The minimum absolute atomic E-state index is 0.0209. The van der Waals surface area contributed by atoms with E-state index >= 15 is 0 Å². The number of hydrogen-bond donors (Lipinski definition) is 0. The highest BCUT2D eigenvalue weighted by Gasteiger charge is 2.20. The summed E-state index contributed by atoms with van der Waals surface area (Å²) in [6.07, 6.45) is 0. The molecule has 0 atom stereocenters. The van der Waals surface area contributed by atoms with Gasteiger partial charge in [0.2, 0.25) is 0 Å². The van der Waals surface area contributed by atoms with Crippen LogP contribution in [0.3, 0.4) is 0 Å². The van der Waals surface area contributed by atoms with Crippen molar-refractivity contribution in [3.05, 3.63) is 57.0 Å². The van der Waals surface area contributed by atoms with Gasteiger partial charge in [0.1, 0.15) is 10.6 Å². The fourth-order valence-electron chi connectivity index (χ4n) is 1.59. The van der Waals surface area contributed by atoms with Gasteiger partial charge in [0, 0.05) is 14.5 Å². The number of carbonyl (C=O) groups is 1. The van der Waals surface area contributed by atoms with Crippen LogP contribution in [0, 0.1) is 0 Å². The van der Waals surface area contributed by atoms with Gasteiger partial charge < -0.3 is 4.18 Å². The van der Waals surface area contributed by atoms with E-state index in [0.29, 0.717) is 14.5 Å². The number of Topliss-reactive ketones (excluding diaryl/α,β-unsaturated/α-hetero) is 1. The second-order valence-corrected chi connectivity index (χ2v) is 7.48. The van der Waals surface area contributed by atoms with Gasteiger partial charge in [0.05, 0.1) is 0 Å². The van der Waals surface area contributed by atoms with Crippen LogP contribution < -0.4 is 4.18 Å². The van der Waals surface area contributed by atoms with Crippen LogP contribution >= 0.6 is 31.9 Å². The maximum atomic E-state index is 12.3. The predicted octanol–water partition coefficient (Wildman–Crippen LogP) is 4.18. The third-order valence-corrected chi connectivity index (χ3v) is 5.36. The van der Waals surface area contributed by atoms with Gasteiger partial charge in [-0.2, -0.15) is 8.42 Å². The summed E-state index contributed by atoms with van der Waals surface area (Å²) < 4.78 is 30.6. The van der Waals surface area contributed by atoms with Gasteiger partial charge in [-0.3, -0.25) is 4.79 Å². The molecule has 0 saturated heterocycles. The van der Waals surface area contributed by atoms with Crippen LogP contribution in [0.1, 0.15) is 17.3 Å². The third kappa shape index (κ3) is 3.93. The van der Waals surface area contributed by atoms with Gasteiger partial charge in [-0.25, -0.2) is 0 Å². The van der Waals surface area contributed by atoms with Gasteiger partial charge in [0.15, 0.2) is 5.78 Å². The molecule has 4 nitrogen and oxygen atoms in total. The smallest absolute Gasteiger partial charge is 0.340 e. The number of halogens is 2. The van der Waals surface area contributed by atoms with Crippen LogP contribution in [-0.4, -0.2) is 14.2 Å². The Morgan fingerprint density at radius 1 is 1.05 bits per heavy atom. The number of ketones is 1. The summed E-state index contributed by atoms with van der Waals surface area (Å²) in [7, 11) is -3.96. The van der Waals surface area contributed by atoms with E-state index in [0.717, 1.165) is 0 Å². The summed E-state index contributed by atoms with van der Waals surface area (Å²) in [6, 6.07) is 10.7. The van der Waals surface area contributed by atoms with Crippen LogP contribution in [0.2, 0.25) is 0 Å². The van der Waals surface area contributed by atoms with Crippen molar-refractivity contribution < 1.29 is 17.4 Å². The number of hydrogen-bond acceptors (Lipinski definition) is 4. The molecule has 0 saturated carbocycles. The SMILES string of the molecule is CC(=O)c1ccc(OS(=O)(=O)c2cc(Br)ccc2Br)cc1. The van der Waals surface area contributed by atoms with Crippen molar-refractivity contribution >= 4 is 47.8 Å². The van der Waals surface area contributed by atoms with E-state index in [1.54, 1.807) is 12.1 Å². The molecule has 0 amide bonds. The quantitative estimate of drug-likeness (QED) is 0.535. The zero-order valence-corrected chi connectivity index (χ0v) is 14.8. The van der Waals surface area contributed by atoms with Crippen LogP contribution in [0.4, 0.5) is 0 Å². The van der Waals surface area contributed by atoms with Crippen molar-refractivity contribution in [1.82, 2.24) is 0 Å². The average molecular weight is 434 g/mol. The Morgan fingerprint density at radius 2 is 1.67 bits per heavy atom. The highest BCUT2D eigenvalue weighted by Crippen LogP contribution is 2.28. The van der Waals surface area contributed by atoms with Crippen molar-refractivity contribution in [2.75, 3.05) is 0 Å². The second kappa shape index (κ2) is 6.29. The van der Waals surface area contributed by atoms with Crippen molar-refractivity contribution in [3.8, 4) is 5.75 Å². The van der Waals surface area contributed by atoms with Crippen molar-refractivity contribution in [2.24, 2.45) is 0 Å². The normalized spacial score (nSPS) is 11.2. The van der Waals surface area contributed by atoms with Crippen LogP contribution in [0.25, 0.3) is 0 Å². The van der Waals surface area contributed by atoms with E-state index in [2.05, 4.69) is 31.9 Å². The first-order valence-electron chi connectivity index (χ1n) is 5.80. The molecule has 0 heterocycles. The molecule has 0 aliphatic rings. The lowest BCUT2D eigenvalue weighted by molar-refractivity contribution is 0.101. The summed E-state index contributed by atoms with van der Waals surface area (Å²) in [5, 5.41) is 0. The van der Waals surface area contributed by atoms with E-state index in [1.165, 1.54) is 37.3 Å². The molecular weight excluding hydrogens is 424 g/mol. The topological polar surface area (TPSA) is 60.4 Å². The Morgan fingerprint density at radius 3 is 2.24 bits per heavy atom. The standard InChI is InChI=1S/C14H10Br2O4S/c1-9(17)10-2-5-12(6-3-10)20-21(18,19)14-8-11(15)4-7-13(14)16/h2-8H,1H3. The van der Waals surface area contributed by atoms with E-state index in [-0.39, 0.29) is 16.4 Å². The highest BCUT2D eigenvalue weighted by molar-refractivity contribution is 9.11. The third-order valence-electron chi connectivity index (χ3n) is 2.63. The molecule has 0 unspecified atom stereocenters. The van der Waals surface area contributed by atoms with Gasteiger partial charge in [-0.1, -0.05) is 15.9 Å². The van der Waals surface area contributed by atoms with E-state index in [9.17, 15) is 13.2 Å². The zero-order chi connectivity index (χ0) is 15.6. The summed E-state index contributed by atoms with van der Waals surface area (Å²) in [5.41, 5.74) is 0.489. The lowest BCUT2D eigenvalue weighted by Gasteiger charge is -2.09. The van der Waals surface area contributed by atoms with E-state index < -0.39 is 10.1 Å². The minimum atomic E-state index is -3.96. The second-order valence-electron chi connectivity index (χ2n) is 4.19. The first-order valence-corrected chi connectivity index (χ1v) is 8.79. The molecule has 2 aromatic rings. The van der Waals surface area contributed by atoms with Crippen LogP contribution in [0.5, 0.6) is 5.75 Å². The Labute approximate surface area is 139 Å². The molecule has 7 heteroatoms. The Hall–Kier alpha value is -1.18. The van der Waals surface area contributed by atoms with Gasteiger partial charge >= 0.3 is 10.1 Å². The fraction of sp³-hybridized carbons (Fsp3) is 0.0714. The average Bonchev–Trinajstić information content (AvgIpc) is 2.41. The largest absolute Gasteiger partial charge is 0.379 e. The molecule has 0 aromatic heterocycles. The maximum Gasteiger partial charge on any atom is 0.340 e. The van der Waals surface area contributed by atoms with Crippen molar-refractivity contribution in [2.45, 2.75) is 11.8 Å². The molecule has 0 fully saturated rings. The Balaban J connectivity index is 2.33. The summed E-state index contributed by atoms with van der Waals surface area (Å²) in [4.78, 5) is 11.2. The van der Waals surface area contributed by atoms with Gasteiger partial charge in [-0.05, 0) is 65.3 Å².